The number of rotatable bonds is 8. The first kappa shape index (κ1) is 15.5. The van der Waals surface area contributed by atoms with Crippen molar-refractivity contribution in [3.63, 3.8) is 0 Å². The Kier molecular flexibility index (Phi) is 6.70. The first-order valence-electron chi connectivity index (χ1n) is 5.82. The Hall–Kier alpha value is -0.560. The summed E-state index contributed by atoms with van der Waals surface area (Å²) in [5.41, 5.74) is 0.962. The highest BCUT2D eigenvalue weighted by Gasteiger charge is 2.13. The van der Waals surface area contributed by atoms with E-state index in [9.17, 15) is 8.42 Å². The zero-order valence-corrected chi connectivity index (χ0v) is 12.4. The molecule has 0 bridgehead atoms. The van der Waals surface area contributed by atoms with Gasteiger partial charge in [0.1, 0.15) is 0 Å². The van der Waals surface area contributed by atoms with Crippen molar-refractivity contribution in [3.05, 3.63) is 29.8 Å². The summed E-state index contributed by atoms with van der Waals surface area (Å²) < 4.78 is 26.6. The molecule has 0 atom stereocenters. The van der Waals surface area contributed by atoms with Crippen LogP contribution in [0.2, 0.25) is 0 Å². The van der Waals surface area contributed by atoms with Crippen LogP contribution < -0.4 is 10.0 Å². The van der Waals surface area contributed by atoms with E-state index in [1.54, 1.807) is 30.0 Å². The fourth-order valence-electron chi connectivity index (χ4n) is 1.53. The van der Waals surface area contributed by atoms with E-state index in [2.05, 4.69) is 10.0 Å². The van der Waals surface area contributed by atoms with Crippen LogP contribution in [0.1, 0.15) is 12.0 Å². The molecule has 0 spiro atoms. The zero-order valence-electron chi connectivity index (χ0n) is 10.8. The van der Waals surface area contributed by atoms with Crippen LogP contribution in [0.4, 0.5) is 0 Å². The van der Waals surface area contributed by atoms with Gasteiger partial charge in [-0.05, 0) is 43.2 Å². The van der Waals surface area contributed by atoms with Gasteiger partial charge in [-0.3, -0.25) is 0 Å². The molecule has 0 unspecified atom stereocenters. The van der Waals surface area contributed by atoms with Crippen molar-refractivity contribution in [2.45, 2.75) is 17.9 Å². The molecule has 0 aromatic heterocycles. The van der Waals surface area contributed by atoms with Gasteiger partial charge in [-0.2, -0.15) is 11.8 Å². The minimum atomic E-state index is -3.37. The van der Waals surface area contributed by atoms with Gasteiger partial charge in [0.25, 0.3) is 0 Å². The van der Waals surface area contributed by atoms with Gasteiger partial charge in [-0.15, -0.1) is 0 Å². The molecule has 0 radical (unpaired) electrons. The zero-order chi connectivity index (χ0) is 13.4. The van der Waals surface area contributed by atoms with Crippen LogP contribution in [0.15, 0.2) is 29.2 Å². The molecule has 102 valence electrons. The van der Waals surface area contributed by atoms with Crippen LogP contribution in [0.3, 0.4) is 0 Å². The molecular weight excluding hydrogens is 268 g/mol. The minimum absolute atomic E-state index is 0.333. The minimum Gasteiger partial charge on any atom is -0.316 e. The van der Waals surface area contributed by atoms with E-state index in [0.29, 0.717) is 18.0 Å². The van der Waals surface area contributed by atoms with Gasteiger partial charge in [0.05, 0.1) is 4.90 Å². The molecule has 0 aliphatic heterocycles. The molecule has 1 aromatic rings. The highest BCUT2D eigenvalue weighted by Crippen LogP contribution is 2.11. The largest absolute Gasteiger partial charge is 0.316 e. The summed E-state index contributed by atoms with van der Waals surface area (Å²) in [6, 6.07) is 7.00. The summed E-state index contributed by atoms with van der Waals surface area (Å²) in [6.07, 6.45) is 2.85. The number of benzene rings is 1. The van der Waals surface area contributed by atoms with Crippen LogP contribution in [0.5, 0.6) is 0 Å². The van der Waals surface area contributed by atoms with Gasteiger partial charge in [-0.1, -0.05) is 12.1 Å². The Balaban J connectivity index is 2.69. The predicted octanol–water partition coefficient (Wildman–Crippen LogP) is 1.44. The molecule has 0 aliphatic rings. The van der Waals surface area contributed by atoms with E-state index in [1.165, 1.54) is 0 Å². The Labute approximate surface area is 114 Å². The van der Waals surface area contributed by atoms with Crippen molar-refractivity contribution in [2.24, 2.45) is 0 Å². The van der Waals surface area contributed by atoms with E-state index < -0.39 is 10.0 Å². The first-order chi connectivity index (χ1) is 8.60. The average molecular weight is 288 g/mol. The highest BCUT2D eigenvalue weighted by molar-refractivity contribution is 7.98. The van der Waals surface area contributed by atoms with Gasteiger partial charge < -0.3 is 5.32 Å². The molecule has 0 fully saturated rings. The van der Waals surface area contributed by atoms with Crippen LogP contribution >= 0.6 is 11.8 Å². The fourth-order valence-corrected chi connectivity index (χ4v) is 3.11. The summed E-state index contributed by atoms with van der Waals surface area (Å²) in [6.45, 7) is 1.15. The SMILES string of the molecule is CNCc1cccc(S(=O)(=O)NCCCSC)c1. The predicted molar refractivity (Wildman–Crippen MR) is 77.4 cm³/mol. The van der Waals surface area contributed by atoms with E-state index in [-0.39, 0.29) is 0 Å². The Morgan fingerprint density at radius 3 is 2.78 bits per heavy atom. The lowest BCUT2D eigenvalue weighted by Gasteiger charge is -2.08. The van der Waals surface area contributed by atoms with Crippen molar-refractivity contribution in [2.75, 3.05) is 25.6 Å². The van der Waals surface area contributed by atoms with Crippen molar-refractivity contribution < 1.29 is 8.42 Å². The number of hydrogen-bond donors (Lipinski definition) is 2. The number of nitrogens with one attached hydrogen (secondary N) is 2. The third-order valence-electron chi connectivity index (χ3n) is 2.41. The smallest absolute Gasteiger partial charge is 0.240 e. The van der Waals surface area contributed by atoms with Gasteiger partial charge in [0.2, 0.25) is 10.0 Å². The first-order valence-corrected chi connectivity index (χ1v) is 8.70. The molecule has 1 aromatic carbocycles. The molecule has 0 saturated carbocycles. The summed E-state index contributed by atoms with van der Waals surface area (Å²) in [7, 11) is -1.53. The van der Waals surface area contributed by atoms with Gasteiger partial charge in [0.15, 0.2) is 0 Å². The summed E-state index contributed by atoms with van der Waals surface area (Å²) in [4.78, 5) is 0.333. The maximum Gasteiger partial charge on any atom is 0.240 e. The van der Waals surface area contributed by atoms with Crippen LogP contribution in [-0.4, -0.2) is 34.0 Å². The maximum atomic E-state index is 12.0. The van der Waals surface area contributed by atoms with E-state index in [0.717, 1.165) is 17.7 Å². The molecule has 0 aliphatic carbocycles. The molecule has 6 heteroatoms. The average Bonchev–Trinajstić information content (AvgIpc) is 2.36. The van der Waals surface area contributed by atoms with Crippen LogP contribution in [0.25, 0.3) is 0 Å². The second kappa shape index (κ2) is 7.78. The van der Waals surface area contributed by atoms with Crippen molar-refractivity contribution in [3.8, 4) is 0 Å². The van der Waals surface area contributed by atoms with E-state index >= 15 is 0 Å². The molecule has 2 N–H and O–H groups in total. The Bertz CT molecular complexity index is 461. The summed E-state index contributed by atoms with van der Waals surface area (Å²) >= 11 is 1.71. The number of thioether (sulfide) groups is 1. The fraction of sp³-hybridized carbons (Fsp3) is 0.500. The Morgan fingerprint density at radius 2 is 2.11 bits per heavy atom. The molecule has 1 rings (SSSR count). The van der Waals surface area contributed by atoms with Gasteiger partial charge in [-0.25, -0.2) is 13.1 Å². The summed E-state index contributed by atoms with van der Waals surface area (Å²) in [5.74, 6) is 0.961. The topological polar surface area (TPSA) is 58.2 Å². The van der Waals surface area contributed by atoms with Gasteiger partial charge in [0, 0.05) is 13.1 Å². The van der Waals surface area contributed by atoms with Crippen molar-refractivity contribution >= 4 is 21.8 Å². The standard InChI is InChI=1S/C12H20N2O2S2/c1-13-10-11-5-3-6-12(9-11)18(15,16)14-7-4-8-17-2/h3,5-6,9,13-14H,4,7-8,10H2,1-2H3. The second-order valence-electron chi connectivity index (χ2n) is 3.92. The summed E-state index contributed by atoms with van der Waals surface area (Å²) in [5, 5.41) is 3.00. The lowest BCUT2D eigenvalue weighted by atomic mass is 10.2. The van der Waals surface area contributed by atoms with Crippen LogP contribution in [-0.2, 0) is 16.6 Å². The molecular formula is C12H20N2O2S2. The highest BCUT2D eigenvalue weighted by atomic mass is 32.2. The number of sulfonamides is 1. The normalized spacial score (nSPS) is 11.7. The number of hydrogen-bond acceptors (Lipinski definition) is 4. The third-order valence-corrected chi connectivity index (χ3v) is 4.56. The van der Waals surface area contributed by atoms with Gasteiger partial charge >= 0.3 is 0 Å². The Morgan fingerprint density at radius 1 is 1.33 bits per heavy atom. The maximum absolute atomic E-state index is 12.0. The lowest BCUT2D eigenvalue weighted by Crippen LogP contribution is -2.25. The second-order valence-corrected chi connectivity index (χ2v) is 6.67. The molecule has 4 nitrogen and oxygen atoms in total. The molecule has 0 saturated heterocycles. The van der Waals surface area contributed by atoms with E-state index in [1.807, 2.05) is 19.4 Å². The van der Waals surface area contributed by atoms with E-state index in [4.69, 9.17) is 0 Å². The van der Waals surface area contributed by atoms with Crippen molar-refractivity contribution in [1.82, 2.24) is 10.0 Å². The van der Waals surface area contributed by atoms with Crippen LogP contribution in [0, 0.1) is 0 Å². The molecule has 0 heterocycles. The van der Waals surface area contributed by atoms with Crippen molar-refractivity contribution in [1.29, 1.82) is 0 Å². The lowest BCUT2D eigenvalue weighted by molar-refractivity contribution is 0.581. The quantitative estimate of drug-likeness (QED) is 0.711. The monoisotopic (exact) mass is 288 g/mol. The molecule has 18 heavy (non-hydrogen) atoms. The third kappa shape index (κ3) is 4.97. The molecule has 0 amide bonds.